The van der Waals surface area contributed by atoms with E-state index >= 15 is 0 Å². The van der Waals surface area contributed by atoms with Crippen LogP contribution in [0.1, 0.15) is 11.3 Å². The van der Waals surface area contributed by atoms with E-state index in [2.05, 4.69) is 9.82 Å². The first-order valence-corrected chi connectivity index (χ1v) is 8.26. The van der Waals surface area contributed by atoms with Gasteiger partial charge >= 0.3 is 0 Å². The molecule has 0 aliphatic heterocycles. The molecule has 23 heavy (non-hydrogen) atoms. The second-order valence-electron chi connectivity index (χ2n) is 4.88. The summed E-state index contributed by atoms with van der Waals surface area (Å²) in [6, 6.07) is 5.29. The highest BCUT2D eigenvalue weighted by atomic mass is 32.2. The van der Waals surface area contributed by atoms with Crippen molar-refractivity contribution in [1.82, 2.24) is 14.5 Å². The molecule has 126 valence electrons. The molecular weight excluding hydrogens is 328 g/mol. The van der Waals surface area contributed by atoms with Crippen molar-refractivity contribution in [2.75, 3.05) is 6.61 Å². The third kappa shape index (κ3) is 4.49. The fourth-order valence-corrected chi connectivity index (χ4v) is 2.85. The SMILES string of the molecule is Cc1c(CNS(=O)(=O)c2ccc(OCC(F)F)cc2)cnn1C. The summed E-state index contributed by atoms with van der Waals surface area (Å²) in [5, 5.41) is 4.04. The van der Waals surface area contributed by atoms with Crippen LogP contribution < -0.4 is 9.46 Å². The van der Waals surface area contributed by atoms with Gasteiger partial charge in [-0.1, -0.05) is 0 Å². The van der Waals surface area contributed by atoms with Gasteiger partial charge in [0, 0.05) is 24.8 Å². The molecule has 0 amide bonds. The van der Waals surface area contributed by atoms with Crippen molar-refractivity contribution < 1.29 is 21.9 Å². The Morgan fingerprint density at radius 1 is 1.30 bits per heavy atom. The van der Waals surface area contributed by atoms with Crippen molar-refractivity contribution in [2.45, 2.75) is 24.8 Å². The number of hydrogen-bond donors (Lipinski definition) is 1. The normalized spacial score (nSPS) is 11.9. The summed E-state index contributed by atoms with van der Waals surface area (Å²) in [7, 11) is -1.94. The van der Waals surface area contributed by atoms with E-state index in [4.69, 9.17) is 4.74 Å². The van der Waals surface area contributed by atoms with Gasteiger partial charge in [0.15, 0.2) is 0 Å². The van der Waals surface area contributed by atoms with Crippen LogP contribution in [0.3, 0.4) is 0 Å². The van der Waals surface area contributed by atoms with Crippen LogP contribution in [0.15, 0.2) is 35.4 Å². The zero-order valence-electron chi connectivity index (χ0n) is 12.7. The lowest BCUT2D eigenvalue weighted by Gasteiger charge is -2.08. The molecule has 2 aromatic rings. The molecule has 1 aromatic carbocycles. The number of alkyl halides is 2. The molecule has 9 heteroatoms. The van der Waals surface area contributed by atoms with Gasteiger partial charge in [0.2, 0.25) is 10.0 Å². The maximum Gasteiger partial charge on any atom is 0.272 e. The summed E-state index contributed by atoms with van der Waals surface area (Å²) in [5.74, 6) is 0.187. The number of benzene rings is 1. The summed E-state index contributed by atoms with van der Waals surface area (Å²) >= 11 is 0. The van der Waals surface area contributed by atoms with Crippen molar-refractivity contribution in [3.8, 4) is 5.75 Å². The highest BCUT2D eigenvalue weighted by molar-refractivity contribution is 7.89. The summed E-state index contributed by atoms with van der Waals surface area (Å²) in [5.41, 5.74) is 1.64. The Bertz CT molecular complexity index is 758. The van der Waals surface area contributed by atoms with Crippen molar-refractivity contribution in [2.24, 2.45) is 7.05 Å². The minimum Gasteiger partial charge on any atom is -0.488 e. The second kappa shape index (κ2) is 7.05. The van der Waals surface area contributed by atoms with Crippen molar-refractivity contribution in [3.05, 3.63) is 41.7 Å². The molecule has 0 spiro atoms. The lowest BCUT2D eigenvalue weighted by Crippen LogP contribution is -2.23. The van der Waals surface area contributed by atoms with Crippen LogP contribution in [0.4, 0.5) is 8.78 Å². The monoisotopic (exact) mass is 345 g/mol. The van der Waals surface area contributed by atoms with E-state index in [0.29, 0.717) is 0 Å². The van der Waals surface area contributed by atoms with Gasteiger partial charge in [0.25, 0.3) is 6.43 Å². The summed E-state index contributed by atoms with van der Waals surface area (Å²) in [4.78, 5) is 0.0310. The third-order valence-electron chi connectivity index (χ3n) is 3.30. The predicted octanol–water partition coefficient (Wildman–Crippen LogP) is 1.85. The van der Waals surface area contributed by atoms with E-state index in [-0.39, 0.29) is 17.2 Å². The minimum atomic E-state index is -3.70. The third-order valence-corrected chi connectivity index (χ3v) is 4.72. The number of aromatic nitrogens is 2. The highest BCUT2D eigenvalue weighted by Gasteiger charge is 2.15. The molecule has 0 fully saturated rings. The van der Waals surface area contributed by atoms with Gasteiger partial charge < -0.3 is 4.74 Å². The number of nitrogens with one attached hydrogen (secondary N) is 1. The Balaban J connectivity index is 2.03. The molecule has 0 bridgehead atoms. The highest BCUT2D eigenvalue weighted by Crippen LogP contribution is 2.17. The first-order valence-electron chi connectivity index (χ1n) is 6.78. The van der Waals surface area contributed by atoms with Gasteiger partial charge in [-0.15, -0.1) is 0 Å². The van der Waals surface area contributed by atoms with E-state index in [1.807, 2.05) is 6.92 Å². The quantitative estimate of drug-likeness (QED) is 0.831. The molecule has 2 rings (SSSR count). The molecule has 0 saturated carbocycles. The Hall–Kier alpha value is -2.00. The molecule has 0 radical (unpaired) electrons. The molecule has 0 saturated heterocycles. The first kappa shape index (κ1) is 17.4. The largest absolute Gasteiger partial charge is 0.488 e. The Labute approximate surface area is 133 Å². The van der Waals surface area contributed by atoms with E-state index in [1.54, 1.807) is 17.9 Å². The number of ether oxygens (including phenoxy) is 1. The molecule has 0 aliphatic rings. The number of rotatable bonds is 7. The van der Waals surface area contributed by atoms with Gasteiger partial charge in [-0.2, -0.15) is 5.10 Å². The maximum absolute atomic E-state index is 12.2. The van der Waals surface area contributed by atoms with Crippen LogP contribution in [-0.2, 0) is 23.6 Å². The molecule has 0 aliphatic carbocycles. The number of aryl methyl sites for hydroxylation is 1. The zero-order chi connectivity index (χ0) is 17.0. The molecular formula is C14H17F2N3O3S. The van der Waals surface area contributed by atoms with E-state index < -0.39 is 23.1 Å². The van der Waals surface area contributed by atoms with Gasteiger partial charge in [-0.05, 0) is 31.2 Å². The van der Waals surface area contributed by atoms with E-state index in [0.717, 1.165) is 11.3 Å². The lowest BCUT2D eigenvalue weighted by atomic mass is 10.3. The van der Waals surface area contributed by atoms with Gasteiger partial charge in [0.1, 0.15) is 12.4 Å². The van der Waals surface area contributed by atoms with Crippen LogP contribution in [0.2, 0.25) is 0 Å². The average molecular weight is 345 g/mol. The minimum absolute atomic E-state index is 0.0310. The second-order valence-corrected chi connectivity index (χ2v) is 6.64. The fourth-order valence-electron chi connectivity index (χ4n) is 1.85. The molecule has 6 nitrogen and oxygen atoms in total. The van der Waals surface area contributed by atoms with Gasteiger partial charge in [-0.25, -0.2) is 21.9 Å². The average Bonchev–Trinajstić information content (AvgIpc) is 2.83. The van der Waals surface area contributed by atoms with Gasteiger partial charge in [0.05, 0.1) is 11.1 Å². The lowest BCUT2D eigenvalue weighted by molar-refractivity contribution is 0.0819. The number of sulfonamides is 1. The first-order chi connectivity index (χ1) is 10.8. The molecule has 1 heterocycles. The number of hydrogen-bond acceptors (Lipinski definition) is 4. The fraction of sp³-hybridized carbons (Fsp3) is 0.357. The Morgan fingerprint density at radius 2 is 1.96 bits per heavy atom. The zero-order valence-corrected chi connectivity index (χ0v) is 13.5. The summed E-state index contributed by atoms with van der Waals surface area (Å²) in [6.07, 6.45) is -0.984. The van der Waals surface area contributed by atoms with Gasteiger partial charge in [-0.3, -0.25) is 4.68 Å². The molecule has 1 N–H and O–H groups in total. The van der Waals surface area contributed by atoms with Crippen LogP contribution >= 0.6 is 0 Å². The van der Waals surface area contributed by atoms with Crippen LogP contribution in [0.25, 0.3) is 0 Å². The topological polar surface area (TPSA) is 73.2 Å². The predicted molar refractivity (Wildman–Crippen MR) is 79.9 cm³/mol. The van der Waals surface area contributed by atoms with Crippen molar-refractivity contribution >= 4 is 10.0 Å². The standard InChI is InChI=1S/C14H17F2N3O3S/c1-10-11(7-17-19(10)2)8-18-23(20,21)13-5-3-12(4-6-13)22-9-14(15)16/h3-7,14,18H,8-9H2,1-2H3. The van der Waals surface area contributed by atoms with E-state index in [9.17, 15) is 17.2 Å². The summed E-state index contributed by atoms with van der Waals surface area (Å²) in [6.45, 7) is 1.22. The smallest absolute Gasteiger partial charge is 0.272 e. The maximum atomic E-state index is 12.2. The van der Waals surface area contributed by atoms with Crippen LogP contribution in [0, 0.1) is 6.92 Å². The molecule has 1 aromatic heterocycles. The molecule has 0 atom stereocenters. The Kier molecular flexibility index (Phi) is 5.32. The van der Waals surface area contributed by atoms with Crippen LogP contribution in [0.5, 0.6) is 5.75 Å². The van der Waals surface area contributed by atoms with Crippen LogP contribution in [-0.4, -0.2) is 31.2 Å². The summed E-state index contributed by atoms with van der Waals surface area (Å²) < 4.78 is 57.4. The number of nitrogens with zero attached hydrogens (tertiary/aromatic N) is 2. The van der Waals surface area contributed by atoms with E-state index in [1.165, 1.54) is 24.3 Å². The molecule has 0 unspecified atom stereocenters. The van der Waals surface area contributed by atoms with Crippen molar-refractivity contribution in [3.63, 3.8) is 0 Å². The van der Waals surface area contributed by atoms with Crippen molar-refractivity contribution in [1.29, 1.82) is 0 Å². The Morgan fingerprint density at radius 3 is 2.48 bits per heavy atom. The number of halogens is 2.